The summed E-state index contributed by atoms with van der Waals surface area (Å²) in [5.41, 5.74) is 4.07. The van der Waals surface area contributed by atoms with Crippen molar-refractivity contribution in [1.29, 1.82) is 0 Å². The maximum Gasteiger partial charge on any atom is 0.222 e. The highest BCUT2D eigenvalue weighted by atomic mass is 32.2. The summed E-state index contributed by atoms with van der Waals surface area (Å²) in [6, 6.07) is 10.1. The van der Waals surface area contributed by atoms with Gasteiger partial charge in [0.1, 0.15) is 10.7 Å². The van der Waals surface area contributed by atoms with E-state index in [4.69, 9.17) is 19.2 Å². The normalized spacial score (nSPS) is 12.9. The first-order chi connectivity index (χ1) is 12.2. The highest BCUT2D eigenvalue weighted by Crippen LogP contribution is 2.47. The van der Waals surface area contributed by atoms with Crippen molar-refractivity contribution in [3.05, 3.63) is 41.5 Å². The van der Waals surface area contributed by atoms with Crippen LogP contribution in [0.1, 0.15) is 11.1 Å². The van der Waals surface area contributed by atoms with E-state index in [2.05, 4.69) is 24.0 Å². The van der Waals surface area contributed by atoms with Crippen molar-refractivity contribution in [3.8, 4) is 11.5 Å². The van der Waals surface area contributed by atoms with Gasteiger partial charge in [-0.2, -0.15) is 0 Å². The Kier molecular flexibility index (Phi) is 3.84. The van der Waals surface area contributed by atoms with Gasteiger partial charge in [-0.05, 0) is 24.6 Å². The van der Waals surface area contributed by atoms with Crippen molar-refractivity contribution >= 4 is 34.2 Å². The zero-order chi connectivity index (χ0) is 17.6. The van der Waals surface area contributed by atoms with E-state index in [-0.39, 0.29) is 0 Å². The lowest BCUT2D eigenvalue weighted by Gasteiger charge is -2.13. The Morgan fingerprint density at radius 1 is 1.00 bits per heavy atom. The number of hydrogen-bond donors (Lipinski definition) is 1. The molecule has 0 unspecified atom stereocenters. The van der Waals surface area contributed by atoms with Gasteiger partial charge in [0.25, 0.3) is 0 Å². The molecule has 2 aromatic carbocycles. The quantitative estimate of drug-likeness (QED) is 0.726. The Morgan fingerprint density at radius 3 is 2.48 bits per heavy atom. The first kappa shape index (κ1) is 15.9. The molecule has 0 bridgehead atoms. The van der Waals surface area contributed by atoms with Crippen LogP contribution in [0.4, 0.5) is 5.69 Å². The van der Waals surface area contributed by atoms with Crippen molar-refractivity contribution < 1.29 is 14.2 Å². The maximum atomic E-state index is 5.60. The molecule has 0 atom stereocenters. The number of fused-ring (bicyclic) bond motifs is 4. The van der Waals surface area contributed by atoms with Gasteiger partial charge < -0.3 is 19.2 Å². The summed E-state index contributed by atoms with van der Waals surface area (Å²) in [5.74, 6) is 1.89. The number of aryl methyl sites for hydroxylation is 1. The molecular formula is C19H18N2O3S. The average molecular weight is 354 g/mol. The van der Waals surface area contributed by atoms with E-state index in [1.54, 1.807) is 33.1 Å². The molecular weight excluding hydrogens is 336 g/mol. The molecule has 3 aromatic rings. The van der Waals surface area contributed by atoms with Crippen molar-refractivity contribution in [2.75, 3.05) is 21.3 Å². The van der Waals surface area contributed by atoms with Crippen LogP contribution in [0, 0.1) is 6.92 Å². The second kappa shape index (κ2) is 6.04. The van der Waals surface area contributed by atoms with Gasteiger partial charge >= 0.3 is 0 Å². The van der Waals surface area contributed by atoms with E-state index in [9.17, 15) is 0 Å². The number of rotatable bonds is 2. The highest BCUT2D eigenvalue weighted by molar-refractivity contribution is 7.99. The highest BCUT2D eigenvalue weighted by Gasteiger charge is 2.24. The molecule has 0 amide bonds. The van der Waals surface area contributed by atoms with Crippen LogP contribution in [0.2, 0.25) is 0 Å². The lowest BCUT2D eigenvalue weighted by molar-refractivity contribution is 0.353. The zero-order valence-corrected chi connectivity index (χ0v) is 15.3. The standard InChI is InChI=1S/C19H18N2O3S/c1-10-6-5-7-11-16(10)21-19-17(11)20-18(24-4)12-8-13(22-2)14(23-3)9-15(12)25-19/h5-9,21H,1-4H3. The van der Waals surface area contributed by atoms with Gasteiger partial charge in [0.2, 0.25) is 5.90 Å². The van der Waals surface area contributed by atoms with Crippen molar-refractivity contribution in [2.45, 2.75) is 16.8 Å². The third kappa shape index (κ3) is 2.44. The van der Waals surface area contributed by atoms with E-state index in [1.807, 2.05) is 18.2 Å². The number of nitrogens with zero attached hydrogens (tertiary/aromatic N) is 1. The van der Waals surface area contributed by atoms with Crippen LogP contribution < -0.4 is 9.47 Å². The number of ether oxygens (including phenoxy) is 3. The Morgan fingerprint density at radius 2 is 1.76 bits per heavy atom. The second-order valence-corrected chi connectivity index (χ2v) is 6.78. The number of nitrogens with one attached hydrogen (secondary N) is 1. The van der Waals surface area contributed by atoms with E-state index < -0.39 is 0 Å². The molecule has 2 heterocycles. The van der Waals surface area contributed by atoms with Gasteiger partial charge in [-0.25, -0.2) is 4.99 Å². The summed E-state index contributed by atoms with van der Waals surface area (Å²) in [6.07, 6.45) is 0. The number of para-hydroxylation sites is 1. The van der Waals surface area contributed by atoms with Gasteiger partial charge in [-0.15, -0.1) is 0 Å². The Labute approximate surface area is 150 Å². The third-order valence-electron chi connectivity index (χ3n) is 4.32. The molecule has 5 nitrogen and oxygen atoms in total. The van der Waals surface area contributed by atoms with Gasteiger partial charge in [0.15, 0.2) is 11.5 Å². The molecule has 1 aliphatic rings. The summed E-state index contributed by atoms with van der Waals surface area (Å²) in [5, 5.41) is 2.08. The number of aromatic amines is 1. The number of benzene rings is 2. The summed E-state index contributed by atoms with van der Waals surface area (Å²) >= 11 is 1.62. The van der Waals surface area contributed by atoms with Crippen molar-refractivity contribution in [1.82, 2.24) is 4.98 Å². The molecule has 0 fully saturated rings. The average Bonchev–Trinajstić information content (AvgIpc) is 2.90. The fourth-order valence-electron chi connectivity index (χ4n) is 3.05. The summed E-state index contributed by atoms with van der Waals surface area (Å²) in [6.45, 7) is 2.09. The molecule has 0 spiro atoms. The minimum atomic E-state index is 0.560. The van der Waals surface area contributed by atoms with Gasteiger partial charge in [0, 0.05) is 10.3 Å². The zero-order valence-electron chi connectivity index (χ0n) is 14.5. The Bertz CT molecular complexity index is 1010. The predicted octanol–water partition coefficient (Wildman–Crippen LogP) is 4.68. The molecule has 1 aromatic heterocycles. The SMILES string of the molecule is COC1=Nc2c([nH]c3c(C)cccc23)Sc2cc(OC)c(OC)cc21. The van der Waals surface area contributed by atoms with Crippen LogP contribution >= 0.6 is 11.8 Å². The molecule has 1 aliphatic heterocycles. The summed E-state index contributed by atoms with van der Waals surface area (Å²) in [4.78, 5) is 9.31. The first-order valence-corrected chi connectivity index (χ1v) is 8.66. The van der Waals surface area contributed by atoms with Gasteiger partial charge in [-0.3, -0.25) is 0 Å². The fourth-order valence-corrected chi connectivity index (χ4v) is 4.10. The Hall–Kier alpha value is -2.60. The first-order valence-electron chi connectivity index (χ1n) is 7.84. The number of hydrogen-bond acceptors (Lipinski definition) is 5. The maximum absolute atomic E-state index is 5.60. The second-order valence-electron chi connectivity index (χ2n) is 5.73. The summed E-state index contributed by atoms with van der Waals surface area (Å²) < 4.78 is 16.5. The molecule has 128 valence electrons. The molecule has 1 N–H and O–H groups in total. The van der Waals surface area contributed by atoms with Crippen LogP contribution in [0.25, 0.3) is 10.9 Å². The molecule has 25 heavy (non-hydrogen) atoms. The van der Waals surface area contributed by atoms with E-state index in [0.29, 0.717) is 17.4 Å². The van der Waals surface area contributed by atoms with Crippen LogP contribution in [0.15, 0.2) is 45.2 Å². The van der Waals surface area contributed by atoms with Crippen LogP contribution in [-0.2, 0) is 4.74 Å². The van der Waals surface area contributed by atoms with Crippen LogP contribution in [0.5, 0.6) is 11.5 Å². The monoisotopic (exact) mass is 354 g/mol. The fraction of sp³-hybridized carbons (Fsp3) is 0.211. The summed E-state index contributed by atoms with van der Waals surface area (Å²) in [7, 11) is 4.89. The molecule has 4 rings (SSSR count). The lowest BCUT2D eigenvalue weighted by Crippen LogP contribution is -2.05. The molecule has 0 saturated heterocycles. The van der Waals surface area contributed by atoms with E-state index >= 15 is 0 Å². The largest absolute Gasteiger partial charge is 0.493 e. The van der Waals surface area contributed by atoms with Crippen molar-refractivity contribution in [3.63, 3.8) is 0 Å². The number of aromatic nitrogens is 1. The topological polar surface area (TPSA) is 55.8 Å². The number of aliphatic imine (C=N–C) groups is 1. The smallest absolute Gasteiger partial charge is 0.222 e. The molecule has 6 heteroatoms. The van der Waals surface area contributed by atoms with E-state index in [1.165, 1.54) is 5.56 Å². The minimum Gasteiger partial charge on any atom is -0.493 e. The molecule has 0 radical (unpaired) electrons. The van der Waals surface area contributed by atoms with Crippen LogP contribution in [0.3, 0.4) is 0 Å². The number of H-pyrrole nitrogens is 1. The Balaban J connectivity index is 1.99. The minimum absolute atomic E-state index is 0.560. The molecule has 0 saturated carbocycles. The van der Waals surface area contributed by atoms with Crippen molar-refractivity contribution in [2.24, 2.45) is 4.99 Å². The predicted molar refractivity (Wildman–Crippen MR) is 99.9 cm³/mol. The van der Waals surface area contributed by atoms with Gasteiger partial charge in [0.05, 0.1) is 32.4 Å². The lowest BCUT2D eigenvalue weighted by atomic mass is 10.1. The van der Waals surface area contributed by atoms with Crippen LogP contribution in [-0.4, -0.2) is 32.2 Å². The third-order valence-corrected chi connectivity index (χ3v) is 5.37. The van der Waals surface area contributed by atoms with E-state index in [0.717, 1.165) is 32.1 Å². The number of methoxy groups -OCH3 is 3. The molecule has 0 aliphatic carbocycles. The van der Waals surface area contributed by atoms with Gasteiger partial charge in [-0.1, -0.05) is 30.0 Å².